The number of halogens is 1. The SMILES string of the molecule is CCN(CC)c1cc(C)nc(Nc2ccc(NS(=O)(=O)c3cc(Cl)c(C)cc3OC)cc2)n1. The Balaban J connectivity index is 1.80. The number of hydrogen-bond donors (Lipinski definition) is 2. The first-order valence-corrected chi connectivity index (χ1v) is 12.4. The zero-order chi connectivity index (χ0) is 24.2. The number of benzene rings is 2. The Kier molecular flexibility index (Phi) is 7.65. The Labute approximate surface area is 200 Å². The summed E-state index contributed by atoms with van der Waals surface area (Å²) in [6, 6.07) is 11.7. The summed E-state index contributed by atoms with van der Waals surface area (Å²) in [5.74, 6) is 1.55. The molecule has 1 heterocycles. The molecule has 0 saturated carbocycles. The molecule has 176 valence electrons. The molecule has 1 aromatic heterocycles. The molecule has 0 fully saturated rings. The molecule has 0 radical (unpaired) electrons. The van der Waals surface area contributed by atoms with Gasteiger partial charge in [0.1, 0.15) is 16.5 Å². The van der Waals surface area contributed by atoms with E-state index in [9.17, 15) is 8.42 Å². The summed E-state index contributed by atoms with van der Waals surface area (Å²) >= 11 is 6.14. The topological polar surface area (TPSA) is 96.5 Å². The Hall–Kier alpha value is -3.04. The molecule has 0 aliphatic carbocycles. The van der Waals surface area contributed by atoms with Gasteiger partial charge < -0.3 is 15.0 Å². The van der Waals surface area contributed by atoms with Gasteiger partial charge >= 0.3 is 0 Å². The van der Waals surface area contributed by atoms with E-state index in [1.165, 1.54) is 13.2 Å². The van der Waals surface area contributed by atoms with E-state index >= 15 is 0 Å². The third-order valence-electron chi connectivity index (χ3n) is 5.06. The normalized spacial score (nSPS) is 11.2. The predicted octanol–water partition coefficient (Wildman–Crippen LogP) is 5.15. The number of methoxy groups -OCH3 is 1. The van der Waals surface area contributed by atoms with Crippen molar-refractivity contribution < 1.29 is 13.2 Å². The van der Waals surface area contributed by atoms with Gasteiger partial charge in [-0.05, 0) is 69.7 Å². The highest BCUT2D eigenvalue weighted by atomic mass is 35.5. The van der Waals surface area contributed by atoms with E-state index in [1.807, 2.05) is 13.0 Å². The van der Waals surface area contributed by atoms with Crippen LogP contribution < -0.4 is 19.7 Å². The van der Waals surface area contributed by atoms with E-state index in [-0.39, 0.29) is 10.6 Å². The van der Waals surface area contributed by atoms with Gasteiger partial charge in [0.15, 0.2) is 0 Å². The maximum absolute atomic E-state index is 12.9. The van der Waals surface area contributed by atoms with Gasteiger partial charge in [0, 0.05) is 41.2 Å². The highest BCUT2D eigenvalue weighted by Gasteiger charge is 2.21. The molecule has 0 spiro atoms. The van der Waals surface area contributed by atoms with Crippen molar-refractivity contribution in [1.82, 2.24) is 9.97 Å². The van der Waals surface area contributed by atoms with Crippen LogP contribution in [0.1, 0.15) is 25.1 Å². The Morgan fingerprint density at radius 2 is 1.64 bits per heavy atom. The van der Waals surface area contributed by atoms with Gasteiger partial charge in [-0.3, -0.25) is 4.72 Å². The molecule has 0 unspecified atom stereocenters. The lowest BCUT2D eigenvalue weighted by Crippen LogP contribution is -2.23. The average Bonchev–Trinajstić information content (AvgIpc) is 2.77. The van der Waals surface area contributed by atoms with Crippen molar-refractivity contribution in [3.05, 3.63) is 58.7 Å². The second-order valence-corrected chi connectivity index (χ2v) is 9.48. The zero-order valence-corrected chi connectivity index (χ0v) is 20.9. The minimum atomic E-state index is -3.90. The van der Waals surface area contributed by atoms with Crippen LogP contribution in [-0.2, 0) is 10.0 Å². The van der Waals surface area contributed by atoms with Crippen molar-refractivity contribution in [3.8, 4) is 5.75 Å². The number of nitrogens with zero attached hydrogens (tertiary/aromatic N) is 3. The van der Waals surface area contributed by atoms with Gasteiger partial charge in [-0.15, -0.1) is 0 Å². The van der Waals surface area contributed by atoms with Crippen LogP contribution in [0.5, 0.6) is 5.75 Å². The fourth-order valence-electron chi connectivity index (χ4n) is 3.28. The minimum absolute atomic E-state index is 0.0279. The molecule has 3 rings (SSSR count). The second kappa shape index (κ2) is 10.3. The summed E-state index contributed by atoms with van der Waals surface area (Å²) in [5.41, 5.74) is 2.70. The quantitative estimate of drug-likeness (QED) is 0.429. The molecule has 3 aromatic rings. The minimum Gasteiger partial charge on any atom is -0.495 e. The van der Waals surface area contributed by atoms with Crippen molar-refractivity contribution in [2.45, 2.75) is 32.6 Å². The number of sulfonamides is 1. The van der Waals surface area contributed by atoms with E-state index in [0.717, 1.165) is 35.9 Å². The van der Waals surface area contributed by atoms with Crippen LogP contribution in [0.25, 0.3) is 0 Å². The van der Waals surface area contributed by atoms with Crippen molar-refractivity contribution in [1.29, 1.82) is 0 Å². The number of anilines is 4. The first kappa shape index (κ1) is 24.6. The summed E-state index contributed by atoms with van der Waals surface area (Å²) in [5, 5.41) is 3.52. The molecule has 0 bridgehead atoms. The maximum atomic E-state index is 12.9. The van der Waals surface area contributed by atoms with E-state index in [0.29, 0.717) is 16.7 Å². The van der Waals surface area contributed by atoms with Gasteiger partial charge in [0.2, 0.25) is 5.95 Å². The van der Waals surface area contributed by atoms with Gasteiger partial charge in [-0.25, -0.2) is 13.4 Å². The summed E-state index contributed by atoms with van der Waals surface area (Å²) in [6.45, 7) is 9.55. The summed E-state index contributed by atoms with van der Waals surface area (Å²) in [6.07, 6.45) is 0. The third kappa shape index (κ3) is 5.85. The van der Waals surface area contributed by atoms with Crippen molar-refractivity contribution in [2.24, 2.45) is 0 Å². The van der Waals surface area contributed by atoms with Gasteiger partial charge in [-0.2, -0.15) is 4.98 Å². The van der Waals surface area contributed by atoms with Crippen LogP contribution in [0.2, 0.25) is 5.02 Å². The molecule has 2 N–H and O–H groups in total. The Bertz CT molecular complexity index is 1230. The van der Waals surface area contributed by atoms with Crippen molar-refractivity contribution in [3.63, 3.8) is 0 Å². The molecular formula is C23H28ClN5O3S. The van der Waals surface area contributed by atoms with Gasteiger partial charge in [-0.1, -0.05) is 11.6 Å². The first-order chi connectivity index (χ1) is 15.7. The van der Waals surface area contributed by atoms with Crippen LogP contribution in [0, 0.1) is 13.8 Å². The first-order valence-electron chi connectivity index (χ1n) is 10.5. The predicted molar refractivity (Wildman–Crippen MR) is 134 cm³/mol. The Morgan fingerprint density at radius 1 is 1.00 bits per heavy atom. The fourth-order valence-corrected chi connectivity index (χ4v) is 4.75. The number of ether oxygens (including phenoxy) is 1. The number of nitrogens with one attached hydrogen (secondary N) is 2. The van der Waals surface area contributed by atoms with Crippen molar-refractivity contribution >= 4 is 44.8 Å². The smallest absolute Gasteiger partial charge is 0.265 e. The molecular weight excluding hydrogens is 462 g/mol. The van der Waals surface area contributed by atoms with Crippen LogP contribution in [0.4, 0.5) is 23.1 Å². The van der Waals surface area contributed by atoms with Crippen LogP contribution in [-0.4, -0.2) is 38.6 Å². The fraction of sp³-hybridized carbons (Fsp3) is 0.304. The average molecular weight is 490 g/mol. The molecule has 8 nitrogen and oxygen atoms in total. The number of rotatable bonds is 9. The number of aryl methyl sites for hydroxylation is 2. The molecule has 0 atom stereocenters. The van der Waals surface area contributed by atoms with Gasteiger partial charge in [0.25, 0.3) is 10.0 Å². The molecule has 0 saturated heterocycles. The molecule has 0 aliphatic rings. The maximum Gasteiger partial charge on any atom is 0.265 e. The van der Waals surface area contributed by atoms with Crippen molar-refractivity contribution in [2.75, 3.05) is 35.1 Å². The second-order valence-electron chi connectivity index (χ2n) is 7.42. The van der Waals surface area contributed by atoms with E-state index < -0.39 is 10.0 Å². The lowest BCUT2D eigenvalue weighted by atomic mass is 10.2. The summed E-state index contributed by atoms with van der Waals surface area (Å²) in [4.78, 5) is 11.2. The van der Waals surface area contributed by atoms with Crippen LogP contribution >= 0.6 is 11.6 Å². The lowest BCUT2D eigenvalue weighted by molar-refractivity contribution is 0.402. The van der Waals surface area contributed by atoms with Crippen LogP contribution in [0.3, 0.4) is 0 Å². The molecule has 0 amide bonds. The van der Waals surface area contributed by atoms with Gasteiger partial charge in [0.05, 0.1) is 7.11 Å². The largest absolute Gasteiger partial charge is 0.495 e. The molecule has 0 aliphatic heterocycles. The third-order valence-corrected chi connectivity index (χ3v) is 6.87. The molecule has 2 aromatic carbocycles. The highest BCUT2D eigenvalue weighted by Crippen LogP contribution is 2.31. The summed E-state index contributed by atoms with van der Waals surface area (Å²) in [7, 11) is -2.49. The summed E-state index contributed by atoms with van der Waals surface area (Å²) < 4.78 is 33.7. The monoisotopic (exact) mass is 489 g/mol. The number of aromatic nitrogens is 2. The van der Waals surface area contributed by atoms with E-state index in [1.54, 1.807) is 37.3 Å². The van der Waals surface area contributed by atoms with Crippen LogP contribution in [0.15, 0.2) is 47.4 Å². The highest BCUT2D eigenvalue weighted by molar-refractivity contribution is 7.92. The molecule has 10 heteroatoms. The standard InChI is InChI=1S/C23H28ClN5O3S/c1-6-29(7-2)22-13-16(4)25-23(27-22)26-17-8-10-18(11-9-17)28-33(30,31)21-14-19(24)15(3)12-20(21)32-5/h8-14,28H,6-7H2,1-5H3,(H,25,26,27). The zero-order valence-electron chi connectivity index (χ0n) is 19.3. The van der Waals surface area contributed by atoms with E-state index in [2.05, 4.69) is 38.8 Å². The molecule has 33 heavy (non-hydrogen) atoms. The van der Waals surface area contributed by atoms with E-state index in [4.69, 9.17) is 16.3 Å². The lowest BCUT2D eigenvalue weighted by Gasteiger charge is -2.20. The number of hydrogen-bond acceptors (Lipinski definition) is 7. The Morgan fingerprint density at radius 3 is 2.24 bits per heavy atom.